The highest BCUT2D eigenvalue weighted by Crippen LogP contribution is 2.15. The van der Waals surface area contributed by atoms with Crippen molar-refractivity contribution in [1.29, 1.82) is 0 Å². The molecular weight excluding hydrogens is 254 g/mol. The highest BCUT2D eigenvalue weighted by atomic mass is 16.1. The topological polar surface area (TPSA) is 61.4 Å². The lowest BCUT2D eigenvalue weighted by molar-refractivity contribution is 0.0937. The van der Waals surface area contributed by atoms with Gasteiger partial charge in [0, 0.05) is 38.3 Å². The molecule has 2 heterocycles. The molecule has 0 bridgehead atoms. The summed E-state index contributed by atoms with van der Waals surface area (Å²) in [6, 6.07) is 1.89. The van der Waals surface area contributed by atoms with E-state index in [0.29, 0.717) is 11.5 Å². The molecule has 1 amide bonds. The molecule has 0 spiro atoms. The number of aromatic nitrogens is 2. The molecule has 2 rings (SSSR count). The van der Waals surface area contributed by atoms with E-state index in [2.05, 4.69) is 32.1 Å². The third-order valence-electron chi connectivity index (χ3n) is 3.30. The second kappa shape index (κ2) is 6.17. The molecule has 0 radical (unpaired) electrons. The van der Waals surface area contributed by atoms with Crippen LogP contribution in [0.1, 0.15) is 30.2 Å². The fraction of sp³-hybridized carbons (Fsp3) is 0.643. The number of hydrogen-bond acceptors (Lipinski definition) is 5. The Bertz CT molecular complexity index is 480. The quantitative estimate of drug-likeness (QED) is 0.880. The maximum absolute atomic E-state index is 12.1. The summed E-state index contributed by atoms with van der Waals surface area (Å²) < 4.78 is 0. The van der Waals surface area contributed by atoms with Crippen LogP contribution in [0.15, 0.2) is 6.07 Å². The molecule has 1 saturated heterocycles. The van der Waals surface area contributed by atoms with Gasteiger partial charge in [-0.25, -0.2) is 9.97 Å². The number of nitrogens with one attached hydrogen (secondary N) is 1. The van der Waals surface area contributed by atoms with Gasteiger partial charge in [-0.15, -0.1) is 0 Å². The normalized spacial score (nSPS) is 16.6. The third-order valence-corrected chi connectivity index (χ3v) is 3.30. The highest BCUT2D eigenvalue weighted by molar-refractivity contribution is 5.93. The fourth-order valence-electron chi connectivity index (χ4n) is 2.20. The van der Waals surface area contributed by atoms with E-state index in [1.807, 2.05) is 20.8 Å². The predicted octanol–water partition coefficient (Wildman–Crippen LogP) is 0.675. The smallest absolute Gasteiger partial charge is 0.270 e. The van der Waals surface area contributed by atoms with Crippen LogP contribution in [0.5, 0.6) is 0 Å². The Morgan fingerprint density at radius 2 is 1.90 bits per heavy atom. The van der Waals surface area contributed by atoms with Crippen LogP contribution in [0.25, 0.3) is 0 Å². The first-order valence-electron chi connectivity index (χ1n) is 7.06. The molecule has 1 aliphatic rings. The van der Waals surface area contributed by atoms with Gasteiger partial charge in [0.2, 0.25) is 0 Å². The number of likely N-dealkylation sites (N-methyl/N-ethyl adjacent to an activating group) is 1. The van der Waals surface area contributed by atoms with E-state index in [-0.39, 0.29) is 11.9 Å². The van der Waals surface area contributed by atoms with E-state index in [0.717, 1.165) is 32.0 Å². The first kappa shape index (κ1) is 14.7. The van der Waals surface area contributed by atoms with Gasteiger partial charge in [0.15, 0.2) is 0 Å². The van der Waals surface area contributed by atoms with Crippen LogP contribution in [-0.4, -0.2) is 60.0 Å². The van der Waals surface area contributed by atoms with Gasteiger partial charge in [0.25, 0.3) is 5.91 Å². The van der Waals surface area contributed by atoms with E-state index in [1.165, 1.54) is 0 Å². The summed E-state index contributed by atoms with van der Waals surface area (Å²) in [5.74, 6) is 1.34. The molecule has 0 saturated carbocycles. The van der Waals surface area contributed by atoms with Crippen molar-refractivity contribution in [3.8, 4) is 0 Å². The Morgan fingerprint density at radius 1 is 1.25 bits per heavy atom. The van der Waals surface area contributed by atoms with Gasteiger partial charge >= 0.3 is 0 Å². The minimum Gasteiger partial charge on any atom is -0.354 e. The Balaban J connectivity index is 2.18. The summed E-state index contributed by atoms with van der Waals surface area (Å²) in [4.78, 5) is 25.3. The lowest BCUT2D eigenvalue weighted by Crippen LogP contribution is -2.45. The first-order chi connectivity index (χ1) is 9.45. The fourth-order valence-corrected chi connectivity index (χ4v) is 2.20. The molecule has 1 fully saturated rings. The van der Waals surface area contributed by atoms with Crippen molar-refractivity contribution in [1.82, 2.24) is 20.2 Å². The number of carbonyl (C=O) groups excluding carboxylic acids is 1. The van der Waals surface area contributed by atoms with Crippen LogP contribution in [0.3, 0.4) is 0 Å². The second-order valence-electron chi connectivity index (χ2n) is 5.58. The number of rotatable bonds is 3. The number of hydrogen-bond donors (Lipinski definition) is 1. The van der Waals surface area contributed by atoms with Gasteiger partial charge in [0.05, 0.1) is 0 Å². The van der Waals surface area contributed by atoms with Gasteiger partial charge in [-0.3, -0.25) is 4.79 Å². The van der Waals surface area contributed by atoms with Crippen LogP contribution in [0, 0.1) is 6.92 Å². The minimum absolute atomic E-state index is 0.102. The zero-order valence-corrected chi connectivity index (χ0v) is 12.7. The lowest BCUT2D eigenvalue weighted by Gasteiger charge is -2.33. The number of nitrogens with zero attached hydrogens (tertiary/aromatic N) is 4. The Morgan fingerprint density at radius 3 is 2.50 bits per heavy atom. The zero-order valence-electron chi connectivity index (χ0n) is 12.7. The monoisotopic (exact) mass is 277 g/mol. The van der Waals surface area contributed by atoms with E-state index in [4.69, 9.17) is 0 Å². The highest BCUT2D eigenvalue weighted by Gasteiger charge is 2.18. The van der Waals surface area contributed by atoms with Crippen LogP contribution in [-0.2, 0) is 0 Å². The summed E-state index contributed by atoms with van der Waals surface area (Å²) >= 11 is 0. The van der Waals surface area contributed by atoms with Gasteiger partial charge < -0.3 is 15.1 Å². The van der Waals surface area contributed by atoms with E-state index >= 15 is 0 Å². The van der Waals surface area contributed by atoms with Crippen molar-refractivity contribution < 1.29 is 4.79 Å². The van der Waals surface area contributed by atoms with E-state index in [1.54, 1.807) is 6.07 Å². The van der Waals surface area contributed by atoms with Crippen LogP contribution < -0.4 is 10.2 Å². The van der Waals surface area contributed by atoms with E-state index in [9.17, 15) is 4.79 Å². The molecular formula is C14H23N5O. The Labute approximate surface area is 120 Å². The molecule has 6 nitrogen and oxygen atoms in total. The van der Waals surface area contributed by atoms with Crippen LogP contribution >= 0.6 is 0 Å². The summed E-state index contributed by atoms with van der Waals surface area (Å²) in [7, 11) is 2.12. The average molecular weight is 277 g/mol. The van der Waals surface area contributed by atoms with Gasteiger partial charge in [0.1, 0.15) is 17.3 Å². The summed E-state index contributed by atoms with van der Waals surface area (Å²) in [5.41, 5.74) is 0.445. The van der Waals surface area contributed by atoms with E-state index < -0.39 is 0 Å². The Hall–Kier alpha value is -1.69. The third kappa shape index (κ3) is 3.66. The minimum atomic E-state index is -0.138. The lowest BCUT2D eigenvalue weighted by atomic mass is 10.2. The van der Waals surface area contributed by atoms with Crippen molar-refractivity contribution >= 4 is 11.7 Å². The molecule has 1 aromatic heterocycles. The molecule has 0 aromatic carbocycles. The largest absolute Gasteiger partial charge is 0.354 e. The number of aryl methyl sites for hydroxylation is 1. The van der Waals surface area contributed by atoms with Crippen LogP contribution in [0.2, 0.25) is 0 Å². The van der Waals surface area contributed by atoms with Crippen molar-refractivity contribution in [2.75, 3.05) is 38.1 Å². The molecule has 1 aromatic rings. The average Bonchev–Trinajstić information content (AvgIpc) is 2.38. The molecule has 0 aliphatic carbocycles. The molecule has 1 N–H and O–H groups in total. The van der Waals surface area contributed by atoms with Gasteiger partial charge in [-0.1, -0.05) is 0 Å². The molecule has 20 heavy (non-hydrogen) atoms. The molecule has 0 atom stereocenters. The maximum Gasteiger partial charge on any atom is 0.270 e. The van der Waals surface area contributed by atoms with Gasteiger partial charge in [-0.2, -0.15) is 0 Å². The summed E-state index contributed by atoms with van der Waals surface area (Å²) in [5, 5.41) is 2.87. The Kier molecular flexibility index (Phi) is 4.54. The van der Waals surface area contributed by atoms with Gasteiger partial charge in [-0.05, 0) is 27.8 Å². The summed E-state index contributed by atoms with van der Waals surface area (Å²) in [6.07, 6.45) is 0. The number of amides is 1. The van der Waals surface area contributed by atoms with Crippen LogP contribution in [0.4, 0.5) is 5.82 Å². The van der Waals surface area contributed by atoms with Crippen molar-refractivity contribution in [3.05, 3.63) is 17.6 Å². The number of anilines is 1. The number of piperazine rings is 1. The SMILES string of the molecule is Cc1nc(C(=O)NC(C)C)cc(N2CCN(C)CC2)n1. The standard InChI is InChI=1S/C14H23N5O/c1-10(2)15-14(20)12-9-13(17-11(3)16-12)19-7-5-18(4)6-8-19/h9-10H,5-8H2,1-4H3,(H,15,20). The van der Waals surface area contributed by atoms with Crippen molar-refractivity contribution in [2.24, 2.45) is 0 Å². The zero-order chi connectivity index (χ0) is 14.7. The van der Waals surface area contributed by atoms with Crippen molar-refractivity contribution in [3.63, 3.8) is 0 Å². The molecule has 1 aliphatic heterocycles. The van der Waals surface area contributed by atoms with Crippen molar-refractivity contribution in [2.45, 2.75) is 26.8 Å². The first-order valence-corrected chi connectivity index (χ1v) is 7.06. The summed E-state index contributed by atoms with van der Waals surface area (Å²) in [6.45, 7) is 9.58. The predicted molar refractivity (Wildman–Crippen MR) is 79.1 cm³/mol. The molecule has 0 unspecified atom stereocenters. The maximum atomic E-state index is 12.1. The molecule has 6 heteroatoms. The molecule has 110 valence electrons. The second-order valence-corrected chi connectivity index (χ2v) is 5.58. The number of carbonyl (C=O) groups is 1.